The van der Waals surface area contributed by atoms with Crippen LogP contribution in [-0.2, 0) is 10.0 Å². The molecule has 0 radical (unpaired) electrons. The molecule has 11 heteroatoms. The molecular formula is C24H38N4O6S. The number of aliphatic hydroxyl groups is 1. The zero-order valence-corrected chi connectivity index (χ0v) is 21.8. The lowest BCUT2D eigenvalue weighted by molar-refractivity contribution is 0.0368. The maximum Gasteiger partial charge on any atom is 0.317 e. The first-order chi connectivity index (χ1) is 16.5. The molecule has 10 nitrogen and oxygen atoms in total. The summed E-state index contributed by atoms with van der Waals surface area (Å²) in [6.45, 7) is 4.00. The van der Waals surface area contributed by atoms with Crippen LogP contribution in [0.4, 0.5) is 10.5 Å². The third-order valence-electron chi connectivity index (χ3n) is 6.72. The van der Waals surface area contributed by atoms with E-state index < -0.39 is 22.2 Å². The Morgan fingerprint density at radius 3 is 2.60 bits per heavy atom. The summed E-state index contributed by atoms with van der Waals surface area (Å²) >= 11 is 0. The molecule has 1 heterocycles. The van der Waals surface area contributed by atoms with E-state index in [-0.39, 0.29) is 54.1 Å². The molecule has 196 valence electrons. The third kappa shape index (κ3) is 7.00. The van der Waals surface area contributed by atoms with Gasteiger partial charge in [0.1, 0.15) is 6.10 Å². The summed E-state index contributed by atoms with van der Waals surface area (Å²) < 4.78 is 32.7. The smallest absolute Gasteiger partial charge is 0.317 e. The van der Waals surface area contributed by atoms with Crippen molar-refractivity contribution < 1.29 is 27.9 Å². The number of nitrogens with one attached hydrogen (secondary N) is 2. The Morgan fingerprint density at radius 2 is 1.97 bits per heavy atom. The van der Waals surface area contributed by atoms with Gasteiger partial charge in [-0.25, -0.2) is 13.2 Å². The number of urea groups is 1. The van der Waals surface area contributed by atoms with Gasteiger partial charge in [0, 0.05) is 25.6 Å². The molecule has 1 aromatic carbocycles. The second kappa shape index (κ2) is 11.5. The fraction of sp³-hybridized carbons (Fsp3) is 0.667. The summed E-state index contributed by atoms with van der Waals surface area (Å²) in [5.74, 6) is -0.444. The fourth-order valence-corrected chi connectivity index (χ4v) is 5.19. The number of likely N-dealkylation sites (N-methyl/N-ethyl adjacent to an activating group) is 1. The molecule has 1 fully saturated rings. The monoisotopic (exact) mass is 510 g/mol. The fourth-order valence-electron chi connectivity index (χ4n) is 4.63. The van der Waals surface area contributed by atoms with Gasteiger partial charge in [-0.05, 0) is 31.9 Å². The Labute approximate surface area is 208 Å². The molecule has 1 saturated carbocycles. The lowest BCUT2D eigenvalue weighted by Crippen LogP contribution is -2.52. The molecule has 3 amide bonds. The highest BCUT2D eigenvalue weighted by atomic mass is 32.2. The first-order valence-electron chi connectivity index (χ1n) is 12.2. The number of sulfonamides is 1. The Morgan fingerprint density at radius 1 is 1.29 bits per heavy atom. The van der Waals surface area contributed by atoms with Crippen molar-refractivity contribution in [3.8, 4) is 5.75 Å². The zero-order chi connectivity index (χ0) is 25.8. The number of hydrogen-bond acceptors (Lipinski definition) is 6. The van der Waals surface area contributed by atoms with E-state index in [0.29, 0.717) is 6.54 Å². The second-order valence-corrected chi connectivity index (χ2v) is 11.6. The van der Waals surface area contributed by atoms with Crippen molar-refractivity contribution in [1.82, 2.24) is 15.1 Å². The van der Waals surface area contributed by atoms with E-state index in [1.54, 1.807) is 35.9 Å². The maximum absolute atomic E-state index is 13.4. The third-order valence-corrected chi connectivity index (χ3v) is 7.31. The molecule has 0 aromatic heterocycles. The van der Waals surface area contributed by atoms with Crippen LogP contribution in [0.5, 0.6) is 5.75 Å². The largest absolute Gasteiger partial charge is 0.485 e. The first kappa shape index (κ1) is 27.1. The van der Waals surface area contributed by atoms with Crippen LogP contribution in [0.3, 0.4) is 0 Å². The highest BCUT2D eigenvalue weighted by Gasteiger charge is 2.35. The second-order valence-electron chi connectivity index (χ2n) is 9.84. The van der Waals surface area contributed by atoms with Gasteiger partial charge < -0.3 is 25.0 Å². The zero-order valence-electron chi connectivity index (χ0n) is 21.0. The van der Waals surface area contributed by atoms with Gasteiger partial charge >= 0.3 is 6.03 Å². The summed E-state index contributed by atoms with van der Waals surface area (Å²) in [4.78, 5) is 29.4. The molecule has 1 aliphatic carbocycles. The average Bonchev–Trinajstić information content (AvgIpc) is 2.80. The molecule has 1 aromatic rings. The maximum atomic E-state index is 13.4. The molecule has 1 aliphatic heterocycles. The molecule has 35 heavy (non-hydrogen) atoms. The molecule has 3 atom stereocenters. The van der Waals surface area contributed by atoms with Crippen molar-refractivity contribution >= 4 is 27.6 Å². The van der Waals surface area contributed by atoms with Crippen molar-refractivity contribution in [1.29, 1.82) is 0 Å². The van der Waals surface area contributed by atoms with Gasteiger partial charge in [-0.15, -0.1) is 0 Å². The van der Waals surface area contributed by atoms with Crippen LogP contribution in [0.1, 0.15) is 56.3 Å². The Bertz CT molecular complexity index is 1010. The van der Waals surface area contributed by atoms with E-state index >= 15 is 0 Å². The predicted molar refractivity (Wildman–Crippen MR) is 134 cm³/mol. The van der Waals surface area contributed by atoms with E-state index in [9.17, 15) is 23.1 Å². The lowest BCUT2D eigenvalue weighted by Gasteiger charge is -2.38. The Hall–Kier alpha value is -2.53. The van der Waals surface area contributed by atoms with Crippen molar-refractivity contribution in [2.75, 3.05) is 37.7 Å². The summed E-state index contributed by atoms with van der Waals surface area (Å²) in [7, 11) is -1.93. The molecule has 3 N–H and O–H groups in total. The number of rotatable bonds is 7. The van der Waals surface area contributed by atoms with Crippen LogP contribution < -0.4 is 14.8 Å². The molecule has 0 unspecified atom stereocenters. The van der Waals surface area contributed by atoms with E-state index in [1.165, 1.54) is 12.5 Å². The van der Waals surface area contributed by atoms with Crippen LogP contribution >= 0.6 is 0 Å². The standard InChI is InChI=1S/C24H38N4O6S/c1-16-13-28(17(2)15-29)23(30)19-11-8-12-20(26-35(4,32)33)22(19)34-21(16)14-27(3)24(31)25-18-9-6-5-7-10-18/h8,11-12,16-18,21,26,29H,5-7,9-10,13-15H2,1-4H3,(H,25,31)/t16-,17+,21+/m1/s1. The van der Waals surface area contributed by atoms with E-state index in [2.05, 4.69) is 10.0 Å². The molecule has 0 spiro atoms. The molecule has 2 aliphatic rings. The normalized spacial score (nSPS) is 22.3. The molecule has 3 rings (SSSR count). The Kier molecular flexibility index (Phi) is 8.87. The summed E-state index contributed by atoms with van der Waals surface area (Å²) in [5, 5.41) is 12.9. The van der Waals surface area contributed by atoms with Crippen molar-refractivity contribution in [2.45, 2.75) is 64.1 Å². The van der Waals surface area contributed by atoms with E-state index in [1.807, 2.05) is 6.92 Å². The highest BCUT2D eigenvalue weighted by molar-refractivity contribution is 7.92. The van der Waals surface area contributed by atoms with Gasteiger partial charge in [-0.2, -0.15) is 0 Å². The molecule has 0 saturated heterocycles. The number of anilines is 1. The predicted octanol–water partition coefficient (Wildman–Crippen LogP) is 2.25. The number of ether oxygens (including phenoxy) is 1. The topological polar surface area (TPSA) is 128 Å². The first-order valence-corrected chi connectivity index (χ1v) is 14.1. The van der Waals surface area contributed by atoms with Crippen LogP contribution in [0, 0.1) is 5.92 Å². The number of aliphatic hydroxyl groups excluding tert-OH is 1. The number of nitrogens with zero attached hydrogens (tertiary/aromatic N) is 2. The highest BCUT2D eigenvalue weighted by Crippen LogP contribution is 2.35. The SMILES string of the molecule is C[C@@H]1CN([C@@H](C)CO)C(=O)c2cccc(NS(C)(=O)=O)c2O[C@H]1CN(C)C(=O)NC1CCCCC1. The summed E-state index contributed by atoms with van der Waals surface area (Å²) in [6, 6.07) is 4.23. The number of carbonyl (C=O) groups is 2. The number of carbonyl (C=O) groups excluding carboxylic acids is 2. The van der Waals surface area contributed by atoms with Crippen molar-refractivity contribution in [3.63, 3.8) is 0 Å². The van der Waals surface area contributed by atoms with Crippen molar-refractivity contribution in [3.05, 3.63) is 23.8 Å². The van der Waals surface area contributed by atoms with Gasteiger partial charge in [0.2, 0.25) is 10.0 Å². The summed E-state index contributed by atoms with van der Waals surface area (Å²) in [5.41, 5.74) is 0.355. The number of hydrogen-bond donors (Lipinski definition) is 3. The number of para-hydroxylation sites is 1. The molecular weight excluding hydrogens is 472 g/mol. The van der Waals surface area contributed by atoms with E-state index in [0.717, 1.165) is 31.9 Å². The van der Waals surface area contributed by atoms with Crippen LogP contribution in [0.25, 0.3) is 0 Å². The van der Waals surface area contributed by atoms with Crippen LogP contribution in [0.2, 0.25) is 0 Å². The lowest BCUT2D eigenvalue weighted by atomic mass is 9.96. The minimum absolute atomic E-state index is 0.121. The van der Waals surface area contributed by atoms with Gasteiger partial charge in [0.25, 0.3) is 5.91 Å². The minimum Gasteiger partial charge on any atom is -0.485 e. The Balaban J connectivity index is 1.91. The average molecular weight is 511 g/mol. The quantitative estimate of drug-likeness (QED) is 0.516. The van der Waals surface area contributed by atoms with Crippen molar-refractivity contribution in [2.24, 2.45) is 5.92 Å². The van der Waals surface area contributed by atoms with Crippen LogP contribution in [0.15, 0.2) is 18.2 Å². The molecule has 0 bridgehead atoms. The van der Waals surface area contributed by atoms with Gasteiger partial charge in [-0.3, -0.25) is 9.52 Å². The number of amides is 3. The van der Waals surface area contributed by atoms with Gasteiger partial charge in [0.15, 0.2) is 5.75 Å². The van der Waals surface area contributed by atoms with Crippen LogP contribution in [-0.4, -0.2) is 86.4 Å². The number of benzene rings is 1. The number of fused-ring (bicyclic) bond motifs is 1. The van der Waals surface area contributed by atoms with E-state index in [4.69, 9.17) is 4.74 Å². The van der Waals surface area contributed by atoms with Gasteiger partial charge in [-0.1, -0.05) is 32.3 Å². The van der Waals surface area contributed by atoms with Gasteiger partial charge in [0.05, 0.1) is 36.7 Å². The minimum atomic E-state index is -3.64. The summed E-state index contributed by atoms with van der Waals surface area (Å²) in [6.07, 6.45) is 5.86.